The molecule has 2 unspecified atom stereocenters. The fraction of sp³-hybridized carbons (Fsp3) is 0.333. The number of nitrogens with one attached hydrogen (secondary N) is 1. The van der Waals surface area contributed by atoms with Crippen LogP contribution < -0.4 is 10.2 Å². The summed E-state index contributed by atoms with van der Waals surface area (Å²) in [5.74, 6) is 0.158. The average Bonchev–Trinajstić information content (AvgIpc) is 3.23. The summed E-state index contributed by atoms with van der Waals surface area (Å²) in [6.07, 6.45) is 5.47. The highest BCUT2D eigenvalue weighted by molar-refractivity contribution is 7.16. The largest absolute Gasteiger partial charge is 0.449 e. The number of aromatic nitrogens is 1. The molecule has 2 heterocycles. The molecule has 2 atom stereocenters. The molecule has 0 spiro atoms. The Bertz CT molecular complexity index is 1220. The van der Waals surface area contributed by atoms with Gasteiger partial charge in [-0.15, -0.1) is 11.3 Å². The number of carbonyl (C=O) groups is 2. The van der Waals surface area contributed by atoms with Gasteiger partial charge < -0.3 is 10.1 Å². The molecule has 2 amide bonds. The third-order valence-electron chi connectivity index (χ3n) is 6.36. The lowest BCUT2D eigenvalue weighted by atomic mass is 9.88. The van der Waals surface area contributed by atoms with Gasteiger partial charge in [0.2, 0.25) is 5.91 Å². The topological polar surface area (TPSA) is 95.3 Å². The van der Waals surface area contributed by atoms with Crippen molar-refractivity contribution in [2.24, 2.45) is 5.92 Å². The van der Waals surface area contributed by atoms with Crippen LogP contribution in [0.15, 0.2) is 54.9 Å². The van der Waals surface area contributed by atoms with E-state index in [9.17, 15) is 14.9 Å². The quantitative estimate of drug-likeness (QED) is 0.472. The summed E-state index contributed by atoms with van der Waals surface area (Å²) in [6, 6.07) is 15.7. The molecule has 2 aromatic heterocycles. The molecule has 0 aliphatic heterocycles. The molecular weight excluding hydrogens is 460 g/mol. The number of thiophene rings is 1. The Kier molecular flexibility index (Phi) is 7.78. The standard InChI is InChI=1S/C27H28N4O3S/c1-18(20-6-4-3-5-7-20)14-25(32)30-26-23(16-28)22-9-8-19(15-24(22)35-26)17-34-27(33)31(2)21-10-12-29-13-11-21/h3-7,10-13,18-19H,8-9,14-15,17H2,1-2H3,(H,30,32). The number of carbonyl (C=O) groups excluding carboxylic acids is 2. The third-order valence-corrected chi connectivity index (χ3v) is 7.53. The SMILES string of the molecule is CC(CC(=O)Nc1sc2c(c1C#N)CCC(COC(=O)N(C)c1ccncc1)C2)c1ccccc1. The highest BCUT2D eigenvalue weighted by atomic mass is 32.1. The Morgan fingerprint density at radius 2 is 2.00 bits per heavy atom. The molecular formula is C27H28N4O3S. The van der Waals surface area contributed by atoms with Crippen LogP contribution >= 0.6 is 11.3 Å². The van der Waals surface area contributed by atoms with Crippen LogP contribution in [0.3, 0.4) is 0 Å². The Hall–Kier alpha value is -3.70. The molecule has 1 N–H and O–H groups in total. The molecule has 1 aliphatic carbocycles. The molecule has 0 fully saturated rings. The second-order valence-electron chi connectivity index (χ2n) is 8.83. The number of hydrogen-bond acceptors (Lipinski definition) is 6. The molecule has 7 nitrogen and oxygen atoms in total. The van der Waals surface area contributed by atoms with Crippen molar-refractivity contribution in [3.05, 3.63) is 76.4 Å². The van der Waals surface area contributed by atoms with Crippen molar-refractivity contribution >= 4 is 34.0 Å². The van der Waals surface area contributed by atoms with Crippen molar-refractivity contribution in [3.63, 3.8) is 0 Å². The van der Waals surface area contributed by atoms with Gasteiger partial charge in [-0.25, -0.2) is 4.79 Å². The van der Waals surface area contributed by atoms with Crippen LogP contribution in [0.25, 0.3) is 0 Å². The summed E-state index contributed by atoms with van der Waals surface area (Å²) in [5, 5.41) is 13.4. The summed E-state index contributed by atoms with van der Waals surface area (Å²) in [4.78, 5) is 31.7. The monoisotopic (exact) mass is 488 g/mol. The number of nitriles is 1. The van der Waals surface area contributed by atoms with E-state index < -0.39 is 6.09 Å². The van der Waals surface area contributed by atoms with Crippen LogP contribution in [-0.2, 0) is 22.4 Å². The zero-order chi connectivity index (χ0) is 24.8. The second kappa shape index (κ2) is 11.2. The van der Waals surface area contributed by atoms with E-state index in [1.54, 1.807) is 31.6 Å². The van der Waals surface area contributed by atoms with E-state index >= 15 is 0 Å². The van der Waals surface area contributed by atoms with Crippen molar-refractivity contribution in [1.82, 2.24) is 4.98 Å². The van der Waals surface area contributed by atoms with Crippen molar-refractivity contribution in [1.29, 1.82) is 5.26 Å². The van der Waals surface area contributed by atoms with Crippen LogP contribution in [0.5, 0.6) is 0 Å². The summed E-state index contributed by atoms with van der Waals surface area (Å²) in [6.45, 7) is 2.33. The summed E-state index contributed by atoms with van der Waals surface area (Å²) in [5.41, 5.74) is 3.41. The summed E-state index contributed by atoms with van der Waals surface area (Å²) >= 11 is 1.47. The van der Waals surface area contributed by atoms with Crippen molar-refractivity contribution in [3.8, 4) is 6.07 Å². The van der Waals surface area contributed by atoms with Gasteiger partial charge in [-0.05, 0) is 54.4 Å². The maximum absolute atomic E-state index is 12.7. The number of fused-ring (bicyclic) bond motifs is 1. The van der Waals surface area contributed by atoms with Gasteiger partial charge in [0.15, 0.2) is 0 Å². The van der Waals surface area contributed by atoms with Crippen molar-refractivity contribution < 1.29 is 14.3 Å². The fourth-order valence-corrected chi connectivity index (χ4v) is 5.65. The minimum atomic E-state index is -0.411. The molecule has 0 bridgehead atoms. The minimum Gasteiger partial charge on any atom is -0.449 e. The van der Waals surface area contributed by atoms with Gasteiger partial charge in [-0.2, -0.15) is 5.26 Å². The first-order valence-corrected chi connectivity index (χ1v) is 12.5. The normalized spacial score (nSPS) is 15.4. The zero-order valence-corrected chi connectivity index (χ0v) is 20.7. The maximum atomic E-state index is 12.7. The number of rotatable bonds is 7. The lowest BCUT2D eigenvalue weighted by Gasteiger charge is -2.23. The predicted octanol–water partition coefficient (Wildman–Crippen LogP) is 5.52. The van der Waals surface area contributed by atoms with Gasteiger partial charge in [-0.3, -0.25) is 14.7 Å². The molecule has 8 heteroatoms. The number of ether oxygens (including phenoxy) is 1. The van der Waals surface area contributed by atoms with E-state index in [4.69, 9.17) is 4.74 Å². The van der Waals surface area contributed by atoms with Gasteiger partial charge in [-0.1, -0.05) is 37.3 Å². The molecule has 0 saturated carbocycles. The Morgan fingerprint density at radius 3 is 2.71 bits per heavy atom. The molecule has 0 radical (unpaired) electrons. The van der Waals surface area contributed by atoms with Gasteiger partial charge in [0.25, 0.3) is 0 Å². The maximum Gasteiger partial charge on any atom is 0.414 e. The third kappa shape index (κ3) is 5.87. The second-order valence-corrected chi connectivity index (χ2v) is 9.94. The van der Waals surface area contributed by atoms with E-state index in [0.29, 0.717) is 23.6 Å². The smallest absolute Gasteiger partial charge is 0.414 e. The Labute approximate surface area is 209 Å². The molecule has 3 aromatic rings. The number of pyridine rings is 1. The van der Waals surface area contributed by atoms with Gasteiger partial charge in [0.05, 0.1) is 12.2 Å². The molecule has 35 heavy (non-hydrogen) atoms. The van der Waals surface area contributed by atoms with Crippen LogP contribution in [0.2, 0.25) is 0 Å². The van der Waals surface area contributed by atoms with E-state index in [0.717, 1.165) is 41.0 Å². The molecule has 1 aromatic carbocycles. The zero-order valence-electron chi connectivity index (χ0n) is 19.9. The molecule has 180 valence electrons. The Balaban J connectivity index is 1.35. The highest BCUT2D eigenvalue weighted by Gasteiger charge is 2.28. The Morgan fingerprint density at radius 1 is 1.26 bits per heavy atom. The predicted molar refractivity (Wildman–Crippen MR) is 137 cm³/mol. The lowest BCUT2D eigenvalue weighted by Crippen LogP contribution is -2.30. The van der Waals surface area contributed by atoms with E-state index in [2.05, 4.69) is 16.4 Å². The minimum absolute atomic E-state index is 0.0840. The first-order valence-electron chi connectivity index (χ1n) is 11.7. The average molecular weight is 489 g/mol. The molecule has 1 aliphatic rings. The summed E-state index contributed by atoms with van der Waals surface area (Å²) < 4.78 is 5.56. The van der Waals surface area contributed by atoms with Crippen LogP contribution in [0.4, 0.5) is 15.5 Å². The van der Waals surface area contributed by atoms with Gasteiger partial charge >= 0.3 is 6.09 Å². The van der Waals surface area contributed by atoms with Crippen LogP contribution in [0, 0.1) is 17.2 Å². The number of nitrogens with zero attached hydrogens (tertiary/aromatic N) is 3. The number of hydrogen-bond donors (Lipinski definition) is 1. The molecule has 4 rings (SSSR count). The fourth-order valence-electron chi connectivity index (χ4n) is 4.32. The van der Waals surface area contributed by atoms with Gasteiger partial charge in [0.1, 0.15) is 11.1 Å². The lowest BCUT2D eigenvalue weighted by molar-refractivity contribution is -0.116. The first kappa shape index (κ1) is 24.4. The first-order chi connectivity index (χ1) is 17.0. The van der Waals surface area contributed by atoms with Gasteiger partial charge in [0, 0.05) is 36.4 Å². The summed E-state index contributed by atoms with van der Waals surface area (Å²) in [7, 11) is 1.67. The van der Waals surface area contributed by atoms with E-state index in [1.165, 1.54) is 16.2 Å². The van der Waals surface area contributed by atoms with Crippen molar-refractivity contribution in [2.45, 2.75) is 38.5 Å². The van der Waals surface area contributed by atoms with Crippen LogP contribution in [0.1, 0.15) is 47.3 Å². The number of anilines is 2. The molecule has 0 saturated heterocycles. The van der Waals surface area contributed by atoms with Crippen molar-refractivity contribution in [2.75, 3.05) is 23.9 Å². The van der Waals surface area contributed by atoms with E-state index in [-0.39, 0.29) is 17.7 Å². The van der Waals surface area contributed by atoms with Crippen LogP contribution in [-0.4, -0.2) is 30.6 Å². The van der Waals surface area contributed by atoms with E-state index in [1.807, 2.05) is 37.3 Å². The number of benzene rings is 1. The number of amides is 2. The highest BCUT2D eigenvalue weighted by Crippen LogP contribution is 2.39.